The summed E-state index contributed by atoms with van der Waals surface area (Å²) in [5.41, 5.74) is 0.0482. The second-order valence-electron chi connectivity index (χ2n) is 2.40. The monoisotopic (exact) mass is 180 g/mol. The smallest absolute Gasteiger partial charge is 0.382 e. The molecule has 0 N–H and O–H groups in total. The minimum atomic E-state index is -0.0602. The van der Waals surface area contributed by atoms with Gasteiger partial charge >= 0.3 is 5.52 Å². The van der Waals surface area contributed by atoms with Crippen LogP contribution in [-0.2, 0) is 0 Å². The minimum absolute atomic E-state index is 0.0602. The van der Waals surface area contributed by atoms with Crippen molar-refractivity contribution >= 4 is 11.0 Å². The molecule has 2 rings (SSSR count). The van der Waals surface area contributed by atoms with E-state index in [2.05, 4.69) is 5.10 Å². The molecule has 7 heteroatoms. The lowest BCUT2D eigenvalue weighted by Crippen LogP contribution is -2.30. The Hall–Kier alpha value is -2.18. The summed E-state index contributed by atoms with van der Waals surface area (Å²) in [6.45, 7) is 0. The number of nitrogens with zero attached hydrogens (tertiary/aromatic N) is 4. The second-order valence-corrected chi connectivity index (χ2v) is 2.40. The highest BCUT2D eigenvalue weighted by Gasteiger charge is 2.12. The number of fused-ring (bicyclic) bond motifs is 1. The highest BCUT2D eigenvalue weighted by Crippen LogP contribution is 2.02. The largest absolute Gasteiger partial charge is 0.804 e. The van der Waals surface area contributed by atoms with Crippen molar-refractivity contribution in [3.63, 3.8) is 0 Å². The van der Waals surface area contributed by atoms with Crippen molar-refractivity contribution in [2.75, 3.05) is 0 Å². The Morgan fingerprint density at radius 3 is 3.08 bits per heavy atom. The zero-order chi connectivity index (χ0) is 9.42. The van der Waals surface area contributed by atoms with E-state index < -0.39 is 0 Å². The molecule has 0 saturated heterocycles. The van der Waals surface area contributed by atoms with Crippen LogP contribution >= 0.6 is 0 Å². The van der Waals surface area contributed by atoms with Gasteiger partial charge in [-0.1, -0.05) is 0 Å². The lowest BCUT2D eigenvalue weighted by Gasteiger charge is -2.06. The Labute approximate surface area is 71.2 Å². The van der Waals surface area contributed by atoms with Crippen molar-refractivity contribution in [3.05, 3.63) is 40.1 Å². The quantitative estimate of drug-likeness (QED) is 0.381. The zero-order valence-corrected chi connectivity index (χ0v) is 6.32. The molecular formula is C6H4N4O3. The molecule has 0 aliphatic heterocycles. The summed E-state index contributed by atoms with van der Waals surface area (Å²) in [4.78, 5) is 11.0. The van der Waals surface area contributed by atoms with Gasteiger partial charge in [0.25, 0.3) is 6.20 Å². The van der Waals surface area contributed by atoms with Crippen LogP contribution in [0.25, 0.3) is 11.0 Å². The topological polar surface area (TPSA) is 90.8 Å². The van der Waals surface area contributed by atoms with Gasteiger partial charge in [0, 0.05) is 6.07 Å². The molecule has 0 spiro atoms. The fraction of sp³-hybridized carbons (Fsp3) is 0. The average molecular weight is 180 g/mol. The van der Waals surface area contributed by atoms with Crippen LogP contribution < -0.4 is 9.27 Å². The SMILES string of the molecule is O=[n+]1ncn([O-])c2cc[n+]([O-])cc21. The molecule has 0 fully saturated rings. The molecule has 7 nitrogen and oxygen atoms in total. The number of hydrogen-bond donors (Lipinski definition) is 0. The molecule has 0 aromatic carbocycles. The first-order valence-electron chi connectivity index (χ1n) is 3.39. The van der Waals surface area contributed by atoms with Gasteiger partial charge in [-0.3, -0.25) is 0 Å². The Kier molecular flexibility index (Phi) is 1.38. The molecule has 0 radical (unpaired) electrons. The van der Waals surface area contributed by atoms with Crippen LogP contribution in [0.5, 0.6) is 0 Å². The van der Waals surface area contributed by atoms with E-state index in [4.69, 9.17) is 0 Å². The third-order valence-electron chi connectivity index (χ3n) is 1.60. The van der Waals surface area contributed by atoms with Crippen LogP contribution in [0.2, 0.25) is 0 Å². The van der Waals surface area contributed by atoms with Crippen LogP contribution in [0.1, 0.15) is 0 Å². The fourth-order valence-corrected chi connectivity index (χ4v) is 1.01. The molecule has 0 saturated carbocycles. The summed E-state index contributed by atoms with van der Waals surface area (Å²) in [6.07, 6.45) is 2.96. The van der Waals surface area contributed by atoms with Crippen molar-refractivity contribution in [2.24, 2.45) is 0 Å². The Morgan fingerprint density at radius 1 is 1.54 bits per heavy atom. The maximum atomic E-state index is 11.0. The minimum Gasteiger partial charge on any atom is -0.804 e. The molecule has 0 atom stereocenters. The standard InChI is InChI=1S/C6H4N4O3/c11-8-2-1-5-6(3-8)10(13)7-4-9(5)12/h1-4H. The molecule has 66 valence electrons. The maximum Gasteiger partial charge on any atom is 0.382 e. The van der Waals surface area contributed by atoms with E-state index in [0.29, 0.717) is 9.46 Å². The maximum absolute atomic E-state index is 11.0. The van der Waals surface area contributed by atoms with Crippen LogP contribution in [0.15, 0.2) is 24.8 Å². The molecule has 2 heterocycles. The normalized spacial score (nSPS) is 10.5. The molecule has 2 aromatic rings. The number of rotatable bonds is 0. The van der Waals surface area contributed by atoms with Gasteiger partial charge in [0.1, 0.15) is 5.52 Å². The molecule has 0 unspecified atom stereocenters. The Balaban J connectivity index is 3.01. The Bertz CT molecular complexity index is 521. The van der Waals surface area contributed by atoms with E-state index in [1.54, 1.807) is 0 Å². The predicted octanol–water partition coefficient (Wildman–Crippen LogP) is -1.07. The highest BCUT2D eigenvalue weighted by molar-refractivity contribution is 5.68. The van der Waals surface area contributed by atoms with Gasteiger partial charge in [-0.25, -0.2) is 0 Å². The highest BCUT2D eigenvalue weighted by atomic mass is 16.5. The van der Waals surface area contributed by atoms with Crippen molar-refractivity contribution in [1.82, 2.24) is 9.83 Å². The van der Waals surface area contributed by atoms with E-state index in [1.165, 1.54) is 6.07 Å². The summed E-state index contributed by atoms with van der Waals surface area (Å²) in [6, 6.07) is 1.26. The summed E-state index contributed by atoms with van der Waals surface area (Å²) in [5.74, 6) is 0. The van der Waals surface area contributed by atoms with Crippen molar-refractivity contribution < 1.29 is 9.27 Å². The van der Waals surface area contributed by atoms with E-state index in [0.717, 1.165) is 18.7 Å². The third kappa shape index (κ3) is 1.06. The van der Waals surface area contributed by atoms with E-state index >= 15 is 0 Å². The number of pyridine rings is 1. The van der Waals surface area contributed by atoms with Crippen molar-refractivity contribution in [3.8, 4) is 0 Å². The van der Waals surface area contributed by atoms with Crippen LogP contribution in [0.3, 0.4) is 0 Å². The van der Waals surface area contributed by atoms with Gasteiger partial charge in [-0.2, -0.15) is 4.73 Å². The second kappa shape index (κ2) is 2.41. The molecule has 2 aromatic heterocycles. The molecule has 0 aliphatic carbocycles. The summed E-state index contributed by atoms with van der Waals surface area (Å²) in [5, 5.41) is 25.0. The molecule has 0 bridgehead atoms. The van der Waals surface area contributed by atoms with Crippen LogP contribution in [0.4, 0.5) is 0 Å². The zero-order valence-electron chi connectivity index (χ0n) is 6.32. The Morgan fingerprint density at radius 2 is 2.31 bits per heavy atom. The fourth-order valence-electron chi connectivity index (χ4n) is 1.01. The molecular weight excluding hydrogens is 176 g/mol. The molecule has 0 amide bonds. The predicted molar refractivity (Wildman–Crippen MR) is 40.8 cm³/mol. The van der Waals surface area contributed by atoms with Gasteiger partial charge < -0.3 is 15.1 Å². The van der Waals surface area contributed by atoms with Gasteiger partial charge in [-0.15, -0.1) is 0 Å². The van der Waals surface area contributed by atoms with E-state index in [1.807, 2.05) is 0 Å². The van der Waals surface area contributed by atoms with Crippen molar-refractivity contribution in [2.45, 2.75) is 0 Å². The molecule has 13 heavy (non-hydrogen) atoms. The summed E-state index contributed by atoms with van der Waals surface area (Å²) in [7, 11) is 0. The number of hydrogen-bond acceptors (Lipinski definition) is 4. The lowest BCUT2D eigenvalue weighted by atomic mass is 10.4. The molecule has 0 aliphatic rings. The van der Waals surface area contributed by atoms with Gasteiger partial charge in [0.15, 0.2) is 17.1 Å². The van der Waals surface area contributed by atoms with Gasteiger partial charge in [-0.05, 0) is 0 Å². The lowest BCUT2D eigenvalue weighted by molar-refractivity contribution is -0.613. The van der Waals surface area contributed by atoms with Crippen molar-refractivity contribution in [1.29, 1.82) is 0 Å². The van der Waals surface area contributed by atoms with Gasteiger partial charge in [0.2, 0.25) is 0 Å². The third-order valence-corrected chi connectivity index (χ3v) is 1.60. The average Bonchev–Trinajstić information content (AvgIpc) is 2.12. The first kappa shape index (κ1) is 7.47. The van der Waals surface area contributed by atoms with Gasteiger partial charge in [0.05, 0.1) is 10.0 Å². The first-order valence-corrected chi connectivity index (χ1v) is 3.39. The summed E-state index contributed by atoms with van der Waals surface area (Å²) >= 11 is 0. The van der Waals surface area contributed by atoms with E-state index in [-0.39, 0.29) is 15.6 Å². The summed E-state index contributed by atoms with van der Waals surface area (Å²) < 4.78 is 1.07. The van der Waals surface area contributed by atoms with Crippen LogP contribution in [-0.4, -0.2) is 9.83 Å². The van der Waals surface area contributed by atoms with E-state index in [9.17, 15) is 15.3 Å². The number of aromatic nitrogens is 4. The first-order chi connectivity index (χ1) is 6.18. The van der Waals surface area contributed by atoms with Crippen LogP contribution in [0, 0.1) is 15.3 Å².